The molecule has 2 aliphatic heterocycles. The molecule has 0 aliphatic carbocycles. The molecule has 2 atom stereocenters. The van der Waals surface area contributed by atoms with Gasteiger partial charge in [0.1, 0.15) is 12.7 Å². The summed E-state index contributed by atoms with van der Waals surface area (Å²) in [5.74, 6) is 0.486. The summed E-state index contributed by atoms with van der Waals surface area (Å²) in [7, 11) is 0. The summed E-state index contributed by atoms with van der Waals surface area (Å²) >= 11 is 0. The monoisotopic (exact) mass is 299 g/mol. The van der Waals surface area contributed by atoms with E-state index in [0.29, 0.717) is 5.91 Å². The van der Waals surface area contributed by atoms with E-state index in [9.17, 15) is 4.79 Å². The van der Waals surface area contributed by atoms with Crippen molar-refractivity contribution in [1.29, 1.82) is 0 Å². The molecule has 0 bridgehead atoms. The molecular formula is C13H22ClN5O. The Labute approximate surface area is 125 Å². The molecule has 6 nitrogen and oxygen atoms in total. The van der Waals surface area contributed by atoms with Gasteiger partial charge in [0.25, 0.3) is 0 Å². The SMILES string of the molecule is Cl.O=C(C1CCCNC1)N1CCCC(n2cncn2)C1. The van der Waals surface area contributed by atoms with E-state index in [1.165, 1.54) is 0 Å². The number of nitrogens with zero attached hydrogens (tertiary/aromatic N) is 4. The summed E-state index contributed by atoms with van der Waals surface area (Å²) in [6.45, 7) is 3.55. The van der Waals surface area contributed by atoms with E-state index in [1.807, 2.05) is 9.58 Å². The van der Waals surface area contributed by atoms with Crippen molar-refractivity contribution in [1.82, 2.24) is 25.0 Å². The topological polar surface area (TPSA) is 63.1 Å². The van der Waals surface area contributed by atoms with Crippen LogP contribution < -0.4 is 5.32 Å². The molecule has 3 rings (SSSR count). The zero-order valence-electron chi connectivity index (χ0n) is 11.6. The fraction of sp³-hybridized carbons (Fsp3) is 0.769. The number of piperidine rings is 2. The first-order chi connectivity index (χ1) is 9.34. The van der Waals surface area contributed by atoms with Gasteiger partial charge >= 0.3 is 0 Å². The highest BCUT2D eigenvalue weighted by Gasteiger charge is 2.30. The predicted molar refractivity (Wildman–Crippen MR) is 77.7 cm³/mol. The average molecular weight is 300 g/mol. The van der Waals surface area contributed by atoms with Gasteiger partial charge in [-0.15, -0.1) is 12.4 Å². The summed E-state index contributed by atoms with van der Waals surface area (Å²) in [5.41, 5.74) is 0. The Balaban J connectivity index is 0.00000147. The molecule has 3 heterocycles. The first-order valence-corrected chi connectivity index (χ1v) is 7.18. The molecular weight excluding hydrogens is 278 g/mol. The zero-order chi connectivity index (χ0) is 13.1. The molecule has 0 radical (unpaired) electrons. The lowest BCUT2D eigenvalue weighted by molar-refractivity contribution is -0.137. The molecule has 0 spiro atoms. The molecule has 112 valence electrons. The molecule has 7 heteroatoms. The molecule has 1 N–H and O–H groups in total. The van der Waals surface area contributed by atoms with Gasteiger partial charge in [0.15, 0.2) is 0 Å². The third-order valence-corrected chi connectivity index (χ3v) is 4.17. The maximum atomic E-state index is 12.5. The Kier molecular flexibility index (Phi) is 5.37. The molecule has 0 saturated carbocycles. The molecule has 2 saturated heterocycles. The van der Waals surface area contributed by atoms with Gasteiger partial charge in [0, 0.05) is 19.6 Å². The van der Waals surface area contributed by atoms with Crippen molar-refractivity contribution in [3.05, 3.63) is 12.7 Å². The first-order valence-electron chi connectivity index (χ1n) is 7.18. The number of hydrogen-bond acceptors (Lipinski definition) is 4. The van der Waals surface area contributed by atoms with Gasteiger partial charge < -0.3 is 10.2 Å². The van der Waals surface area contributed by atoms with Crippen molar-refractivity contribution in [2.24, 2.45) is 5.92 Å². The minimum Gasteiger partial charge on any atom is -0.340 e. The molecule has 2 unspecified atom stereocenters. The standard InChI is InChI=1S/C13H21N5O.ClH/c19-13(11-3-1-5-14-7-11)17-6-2-4-12(8-17)18-10-15-9-16-18;/h9-12,14H,1-8H2;1H. The lowest BCUT2D eigenvalue weighted by atomic mass is 9.96. The number of rotatable bonds is 2. The van der Waals surface area contributed by atoms with Crippen molar-refractivity contribution in [3.8, 4) is 0 Å². The van der Waals surface area contributed by atoms with Crippen LogP contribution in [0.25, 0.3) is 0 Å². The van der Waals surface area contributed by atoms with E-state index in [2.05, 4.69) is 15.4 Å². The third kappa shape index (κ3) is 3.30. The molecule has 20 heavy (non-hydrogen) atoms. The normalized spacial score (nSPS) is 26.9. The maximum absolute atomic E-state index is 12.5. The van der Waals surface area contributed by atoms with Crippen LogP contribution >= 0.6 is 12.4 Å². The molecule has 1 amide bonds. The van der Waals surface area contributed by atoms with Crippen LogP contribution in [0.3, 0.4) is 0 Å². The maximum Gasteiger partial charge on any atom is 0.227 e. The van der Waals surface area contributed by atoms with Crippen LogP contribution in [0.5, 0.6) is 0 Å². The van der Waals surface area contributed by atoms with Crippen LogP contribution in [0, 0.1) is 5.92 Å². The minimum atomic E-state index is 0. The average Bonchev–Trinajstić information content (AvgIpc) is 3.02. The van der Waals surface area contributed by atoms with Crippen LogP contribution in [-0.2, 0) is 4.79 Å². The Hall–Kier alpha value is -1.14. The summed E-state index contributed by atoms with van der Waals surface area (Å²) in [6, 6.07) is 0.289. The van der Waals surface area contributed by atoms with Gasteiger partial charge in [0.2, 0.25) is 5.91 Å². The quantitative estimate of drug-likeness (QED) is 0.880. The van der Waals surface area contributed by atoms with E-state index in [4.69, 9.17) is 0 Å². The molecule has 0 aromatic carbocycles. The second kappa shape index (κ2) is 7.04. The van der Waals surface area contributed by atoms with Gasteiger partial charge in [-0.3, -0.25) is 4.79 Å². The van der Waals surface area contributed by atoms with Crippen molar-refractivity contribution in [2.75, 3.05) is 26.2 Å². The number of carbonyl (C=O) groups is 1. The van der Waals surface area contributed by atoms with Crippen molar-refractivity contribution < 1.29 is 4.79 Å². The Bertz CT molecular complexity index is 418. The van der Waals surface area contributed by atoms with E-state index in [1.54, 1.807) is 12.7 Å². The highest BCUT2D eigenvalue weighted by molar-refractivity contribution is 5.85. The van der Waals surface area contributed by atoms with E-state index in [0.717, 1.165) is 51.9 Å². The Morgan fingerprint density at radius 2 is 2.20 bits per heavy atom. The van der Waals surface area contributed by atoms with E-state index in [-0.39, 0.29) is 24.4 Å². The van der Waals surface area contributed by atoms with E-state index >= 15 is 0 Å². The van der Waals surface area contributed by atoms with Gasteiger partial charge in [-0.2, -0.15) is 5.10 Å². The van der Waals surface area contributed by atoms with Crippen LogP contribution in [-0.4, -0.2) is 51.8 Å². The molecule has 1 aromatic heterocycles. The van der Waals surface area contributed by atoms with Gasteiger partial charge in [0.05, 0.1) is 12.0 Å². The first kappa shape index (κ1) is 15.3. The van der Waals surface area contributed by atoms with Crippen LogP contribution in [0.15, 0.2) is 12.7 Å². The lowest BCUT2D eigenvalue weighted by Crippen LogP contribution is -2.47. The Morgan fingerprint density at radius 1 is 1.30 bits per heavy atom. The van der Waals surface area contributed by atoms with Crippen molar-refractivity contribution >= 4 is 18.3 Å². The van der Waals surface area contributed by atoms with Crippen molar-refractivity contribution in [2.45, 2.75) is 31.7 Å². The fourth-order valence-electron chi connectivity index (χ4n) is 3.10. The van der Waals surface area contributed by atoms with Crippen LogP contribution in [0.2, 0.25) is 0 Å². The largest absolute Gasteiger partial charge is 0.340 e. The number of carbonyl (C=O) groups excluding carboxylic acids is 1. The fourth-order valence-corrected chi connectivity index (χ4v) is 3.10. The lowest BCUT2D eigenvalue weighted by Gasteiger charge is -2.35. The number of hydrogen-bond donors (Lipinski definition) is 1. The Morgan fingerprint density at radius 3 is 2.90 bits per heavy atom. The van der Waals surface area contributed by atoms with Crippen LogP contribution in [0.1, 0.15) is 31.7 Å². The highest BCUT2D eigenvalue weighted by Crippen LogP contribution is 2.23. The second-order valence-corrected chi connectivity index (χ2v) is 5.50. The second-order valence-electron chi connectivity index (χ2n) is 5.50. The minimum absolute atomic E-state index is 0. The highest BCUT2D eigenvalue weighted by atomic mass is 35.5. The molecule has 2 fully saturated rings. The number of nitrogens with one attached hydrogen (secondary N) is 1. The number of amides is 1. The molecule has 1 aromatic rings. The van der Waals surface area contributed by atoms with Gasteiger partial charge in [-0.05, 0) is 32.2 Å². The van der Waals surface area contributed by atoms with E-state index < -0.39 is 0 Å². The van der Waals surface area contributed by atoms with Gasteiger partial charge in [-0.25, -0.2) is 9.67 Å². The van der Waals surface area contributed by atoms with Gasteiger partial charge in [-0.1, -0.05) is 0 Å². The number of halogens is 1. The number of likely N-dealkylation sites (tertiary alicyclic amines) is 1. The summed E-state index contributed by atoms with van der Waals surface area (Å²) in [4.78, 5) is 18.5. The summed E-state index contributed by atoms with van der Waals surface area (Å²) in [5, 5.41) is 7.52. The summed E-state index contributed by atoms with van der Waals surface area (Å²) in [6.07, 6.45) is 7.58. The van der Waals surface area contributed by atoms with Crippen LogP contribution in [0.4, 0.5) is 0 Å². The number of aromatic nitrogens is 3. The zero-order valence-corrected chi connectivity index (χ0v) is 12.4. The smallest absolute Gasteiger partial charge is 0.227 e. The predicted octanol–water partition coefficient (Wildman–Crippen LogP) is 0.863. The van der Waals surface area contributed by atoms with Crippen molar-refractivity contribution in [3.63, 3.8) is 0 Å². The third-order valence-electron chi connectivity index (χ3n) is 4.17. The summed E-state index contributed by atoms with van der Waals surface area (Å²) < 4.78 is 1.89. The molecule has 2 aliphatic rings.